The Morgan fingerprint density at radius 1 is 1.47 bits per heavy atom. The molecule has 0 saturated carbocycles. The minimum absolute atomic E-state index is 0.198. The van der Waals surface area contributed by atoms with Gasteiger partial charge in [-0.1, -0.05) is 23.7 Å². The summed E-state index contributed by atoms with van der Waals surface area (Å²) in [5, 5.41) is 13.0. The molecule has 90 valence electrons. The topological polar surface area (TPSA) is 39.1 Å². The van der Waals surface area contributed by atoms with E-state index < -0.39 is 0 Å². The van der Waals surface area contributed by atoms with Crippen molar-refractivity contribution in [1.29, 1.82) is 5.26 Å². The van der Waals surface area contributed by atoms with Crippen LogP contribution in [0.3, 0.4) is 0 Å². The Bertz CT molecular complexity index is 427. The highest BCUT2D eigenvalue weighted by Gasteiger charge is 2.28. The fraction of sp³-hybridized carbons (Fsp3) is 0.462. The van der Waals surface area contributed by atoms with Gasteiger partial charge in [-0.3, -0.25) is 0 Å². The number of nitriles is 1. The van der Waals surface area contributed by atoms with E-state index in [0.717, 1.165) is 23.8 Å². The SMILES string of the molecule is CC1CNCC(CC#N)N1c1ccccc1Cl. The van der Waals surface area contributed by atoms with Crippen LogP contribution in [0.4, 0.5) is 5.69 Å². The van der Waals surface area contributed by atoms with Crippen molar-refractivity contribution in [2.45, 2.75) is 25.4 Å². The number of halogens is 1. The summed E-state index contributed by atoms with van der Waals surface area (Å²) >= 11 is 6.24. The normalized spacial score (nSPS) is 24.4. The number of para-hydroxylation sites is 1. The summed E-state index contributed by atoms with van der Waals surface area (Å²) in [6.45, 7) is 3.91. The summed E-state index contributed by atoms with van der Waals surface area (Å²) < 4.78 is 0. The molecule has 4 heteroatoms. The van der Waals surface area contributed by atoms with Crippen molar-refractivity contribution in [3.05, 3.63) is 29.3 Å². The van der Waals surface area contributed by atoms with E-state index in [1.54, 1.807) is 0 Å². The first-order valence-corrected chi connectivity index (χ1v) is 6.22. The zero-order valence-corrected chi connectivity index (χ0v) is 10.6. The third-order valence-corrected chi connectivity index (χ3v) is 3.47. The number of nitrogens with one attached hydrogen (secondary N) is 1. The predicted octanol–water partition coefficient (Wildman–Crippen LogP) is 2.42. The highest BCUT2D eigenvalue weighted by molar-refractivity contribution is 6.33. The maximum atomic E-state index is 8.90. The molecular formula is C13H16ClN3. The molecule has 0 radical (unpaired) electrons. The van der Waals surface area contributed by atoms with E-state index in [1.807, 2.05) is 24.3 Å². The van der Waals surface area contributed by atoms with Gasteiger partial charge in [-0.25, -0.2) is 0 Å². The average molecular weight is 250 g/mol. The molecule has 1 saturated heterocycles. The summed E-state index contributed by atoms with van der Waals surface area (Å²) in [4.78, 5) is 2.27. The molecule has 2 unspecified atom stereocenters. The van der Waals surface area contributed by atoms with Gasteiger partial charge in [0.15, 0.2) is 0 Å². The molecule has 1 aliphatic heterocycles. The van der Waals surface area contributed by atoms with Crippen LogP contribution in [-0.2, 0) is 0 Å². The standard InChI is InChI=1S/C13H16ClN3/c1-10-8-16-9-11(6-7-15)17(10)13-5-3-2-4-12(13)14/h2-5,10-11,16H,6,8-9H2,1H3. The molecule has 2 rings (SSSR count). The fourth-order valence-electron chi connectivity index (χ4n) is 2.39. The molecule has 0 aliphatic carbocycles. The minimum atomic E-state index is 0.198. The van der Waals surface area contributed by atoms with Crippen LogP contribution in [0.15, 0.2) is 24.3 Å². The zero-order chi connectivity index (χ0) is 12.3. The van der Waals surface area contributed by atoms with Crippen molar-refractivity contribution in [2.24, 2.45) is 0 Å². The van der Waals surface area contributed by atoms with Gasteiger partial charge < -0.3 is 10.2 Å². The van der Waals surface area contributed by atoms with E-state index >= 15 is 0 Å². The first-order chi connectivity index (χ1) is 8.24. The second-order valence-electron chi connectivity index (χ2n) is 4.38. The van der Waals surface area contributed by atoms with Crippen molar-refractivity contribution in [3.8, 4) is 6.07 Å². The van der Waals surface area contributed by atoms with E-state index in [9.17, 15) is 0 Å². The molecule has 0 spiro atoms. The molecule has 17 heavy (non-hydrogen) atoms. The number of benzene rings is 1. The summed E-state index contributed by atoms with van der Waals surface area (Å²) in [5.41, 5.74) is 1.03. The molecule has 3 nitrogen and oxygen atoms in total. The molecule has 1 N–H and O–H groups in total. The molecule has 1 aromatic carbocycles. The fourth-order valence-corrected chi connectivity index (χ4v) is 2.62. The molecular weight excluding hydrogens is 234 g/mol. The molecule has 2 atom stereocenters. The summed E-state index contributed by atoms with van der Waals surface area (Å²) in [6.07, 6.45) is 0.516. The zero-order valence-electron chi connectivity index (χ0n) is 9.86. The van der Waals surface area contributed by atoms with Gasteiger partial charge in [0, 0.05) is 19.1 Å². The third-order valence-electron chi connectivity index (χ3n) is 3.15. The highest BCUT2D eigenvalue weighted by Crippen LogP contribution is 2.30. The van der Waals surface area contributed by atoms with E-state index in [1.165, 1.54) is 0 Å². The van der Waals surface area contributed by atoms with Gasteiger partial charge in [0.05, 0.1) is 29.2 Å². The monoisotopic (exact) mass is 249 g/mol. The number of hydrogen-bond donors (Lipinski definition) is 1. The quantitative estimate of drug-likeness (QED) is 0.875. The van der Waals surface area contributed by atoms with Crippen LogP contribution in [0.2, 0.25) is 5.02 Å². The van der Waals surface area contributed by atoms with Crippen molar-refractivity contribution < 1.29 is 0 Å². The van der Waals surface area contributed by atoms with Gasteiger partial charge in [-0.15, -0.1) is 0 Å². The van der Waals surface area contributed by atoms with Crippen LogP contribution in [-0.4, -0.2) is 25.2 Å². The summed E-state index contributed by atoms with van der Waals surface area (Å²) in [5.74, 6) is 0. The lowest BCUT2D eigenvalue weighted by Gasteiger charge is -2.42. The second-order valence-corrected chi connectivity index (χ2v) is 4.79. The maximum Gasteiger partial charge on any atom is 0.0643 e. The van der Waals surface area contributed by atoms with Gasteiger partial charge in [0.1, 0.15) is 0 Å². The van der Waals surface area contributed by atoms with Crippen LogP contribution in [0, 0.1) is 11.3 Å². The molecule has 1 aliphatic rings. The first-order valence-electron chi connectivity index (χ1n) is 5.84. The Morgan fingerprint density at radius 3 is 2.94 bits per heavy atom. The second kappa shape index (κ2) is 5.39. The number of piperazine rings is 1. The van der Waals surface area contributed by atoms with Gasteiger partial charge in [-0.05, 0) is 19.1 Å². The van der Waals surface area contributed by atoms with E-state index in [2.05, 4.69) is 23.2 Å². The Balaban J connectivity index is 2.32. The summed E-state index contributed by atoms with van der Waals surface area (Å²) in [7, 11) is 0. The molecule has 1 heterocycles. The molecule has 0 aromatic heterocycles. The van der Waals surface area contributed by atoms with Gasteiger partial charge in [0.2, 0.25) is 0 Å². The van der Waals surface area contributed by atoms with Crippen molar-refractivity contribution in [1.82, 2.24) is 5.32 Å². The van der Waals surface area contributed by atoms with E-state index in [-0.39, 0.29) is 6.04 Å². The highest BCUT2D eigenvalue weighted by atomic mass is 35.5. The van der Waals surface area contributed by atoms with Crippen molar-refractivity contribution in [3.63, 3.8) is 0 Å². The van der Waals surface area contributed by atoms with Crippen LogP contribution < -0.4 is 10.2 Å². The lowest BCUT2D eigenvalue weighted by Crippen LogP contribution is -2.56. The van der Waals surface area contributed by atoms with E-state index in [0.29, 0.717) is 12.5 Å². The predicted molar refractivity (Wildman–Crippen MR) is 70.3 cm³/mol. The van der Waals surface area contributed by atoms with Crippen LogP contribution >= 0.6 is 11.6 Å². The number of anilines is 1. The molecule has 0 bridgehead atoms. The average Bonchev–Trinajstić information content (AvgIpc) is 2.31. The van der Waals surface area contributed by atoms with Gasteiger partial charge in [0.25, 0.3) is 0 Å². The van der Waals surface area contributed by atoms with Crippen molar-refractivity contribution >= 4 is 17.3 Å². The third kappa shape index (κ3) is 2.54. The van der Waals surface area contributed by atoms with E-state index in [4.69, 9.17) is 16.9 Å². The number of hydrogen-bond acceptors (Lipinski definition) is 3. The molecule has 1 fully saturated rings. The maximum absolute atomic E-state index is 8.90. The molecule has 0 amide bonds. The Kier molecular flexibility index (Phi) is 3.88. The number of rotatable bonds is 2. The lowest BCUT2D eigenvalue weighted by atomic mass is 10.0. The van der Waals surface area contributed by atoms with Crippen LogP contribution in [0.25, 0.3) is 0 Å². The minimum Gasteiger partial charge on any atom is -0.361 e. The van der Waals surface area contributed by atoms with Crippen LogP contribution in [0.1, 0.15) is 13.3 Å². The number of nitrogens with zero attached hydrogens (tertiary/aromatic N) is 2. The Labute approximate surface area is 107 Å². The van der Waals surface area contributed by atoms with Crippen LogP contribution in [0.5, 0.6) is 0 Å². The first kappa shape index (κ1) is 12.2. The van der Waals surface area contributed by atoms with Gasteiger partial charge in [-0.2, -0.15) is 5.26 Å². The van der Waals surface area contributed by atoms with Crippen molar-refractivity contribution in [2.75, 3.05) is 18.0 Å². The molecule has 1 aromatic rings. The van der Waals surface area contributed by atoms with Gasteiger partial charge >= 0.3 is 0 Å². The lowest BCUT2D eigenvalue weighted by molar-refractivity contribution is 0.417. The summed E-state index contributed by atoms with van der Waals surface area (Å²) in [6, 6.07) is 10.6. The Hall–Kier alpha value is -1.24. The largest absolute Gasteiger partial charge is 0.361 e. The Morgan fingerprint density at radius 2 is 2.24 bits per heavy atom. The smallest absolute Gasteiger partial charge is 0.0643 e.